The molecular weight excluding hydrogens is 561 g/mol. The number of benzene rings is 2. The summed E-state index contributed by atoms with van der Waals surface area (Å²) in [6.45, 7) is 1.79. The largest absolute Gasteiger partial charge is 0.420 e. The van der Waals surface area contributed by atoms with E-state index >= 15 is 0 Å². The molecule has 3 N–H and O–H groups in total. The lowest BCUT2D eigenvalue weighted by Crippen LogP contribution is -2.39. The zero-order valence-corrected chi connectivity index (χ0v) is 21.9. The maximum Gasteiger partial charge on any atom is 0.420 e. The predicted octanol–water partition coefficient (Wildman–Crippen LogP) is 5.93. The van der Waals surface area contributed by atoms with Gasteiger partial charge in [0.15, 0.2) is 5.75 Å². The van der Waals surface area contributed by atoms with Crippen LogP contribution in [-0.2, 0) is 12.4 Å². The number of alkyl halides is 6. The van der Waals surface area contributed by atoms with Crippen LogP contribution in [0.15, 0.2) is 42.6 Å². The second-order valence-corrected chi connectivity index (χ2v) is 9.47. The van der Waals surface area contributed by atoms with Crippen molar-refractivity contribution in [3.8, 4) is 5.75 Å². The second kappa shape index (κ2) is 13.3. The van der Waals surface area contributed by atoms with Gasteiger partial charge in [-0.2, -0.15) is 26.3 Å². The Kier molecular flexibility index (Phi) is 10.4. The molecule has 1 atom stereocenters. The van der Waals surface area contributed by atoms with Gasteiger partial charge in [0.1, 0.15) is 5.82 Å². The van der Waals surface area contributed by atoms with Gasteiger partial charge in [-0.1, -0.05) is 6.42 Å². The fraction of sp³-hybridized carbons (Fsp3) is 0.407. The number of aliphatic hydroxyl groups is 1. The molecule has 1 heterocycles. The summed E-state index contributed by atoms with van der Waals surface area (Å²) in [5, 5.41) is 20.7. The molecule has 7 nitrogen and oxygen atoms in total. The van der Waals surface area contributed by atoms with Gasteiger partial charge in [-0.25, -0.2) is 9.18 Å². The van der Waals surface area contributed by atoms with Crippen LogP contribution < -0.4 is 15.0 Å². The third-order valence-electron chi connectivity index (χ3n) is 6.39. The summed E-state index contributed by atoms with van der Waals surface area (Å²) in [5.41, 5.74) is -4.84. The number of carbonyl (C=O) groups is 1. The second-order valence-electron chi connectivity index (χ2n) is 9.47. The molecule has 0 radical (unpaired) electrons. The van der Waals surface area contributed by atoms with E-state index in [1.54, 1.807) is 0 Å². The molecule has 224 valence electrons. The zero-order valence-electron chi connectivity index (χ0n) is 21.9. The van der Waals surface area contributed by atoms with Gasteiger partial charge < -0.3 is 25.5 Å². The smallest absolute Gasteiger partial charge is 0.409 e. The van der Waals surface area contributed by atoms with E-state index in [1.807, 2.05) is 4.90 Å². The van der Waals surface area contributed by atoms with Crippen molar-refractivity contribution in [2.75, 3.05) is 38.1 Å². The minimum absolute atomic E-state index is 0.0330. The van der Waals surface area contributed by atoms with Gasteiger partial charge in [0.25, 0.3) is 0 Å². The normalized spacial score (nSPS) is 15.8. The quantitative estimate of drug-likeness (QED) is 0.249. The van der Waals surface area contributed by atoms with E-state index in [1.165, 1.54) is 0 Å². The molecule has 3 rings (SSSR count). The van der Waals surface area contributed by atoms with Gasteiger partial charge in [0.2, 0.25) is 0 Å². The number of aliphatic hydroxyl groups excluding tert-OH is 1. The van der Waals surface area contributed by atoms with E-state index in [9.17, 15) is 40.6 Å². The van der Waals surface area contributed by atoms with Crippen LogP contribution in [0.5, 0.6) is 5.75 Å². The molecule has 1 aliphatic rings. The Labute approximate surface area is 231 Å². The minimum atomic E-state index is -5.38. The Bertz CT molecular complexity index is 1240. The third-order valence-corrected chi connectivity index (χ3v) is 6.39. The van der Waals surface area contributed by atoms with E-state index in [0.29, 0.717) is 18.8 Å². The Balaban J connectivity index is 1.98. The maximum absolute atomic E-state index is 14.0. The van der Waals surface area contributed by atoms with Crippen molar-refractivity contribution < 1.29 is 45.4 Å². The fourth-order valence-corrected chi connectivity index (χ4v) is 4.26. The van der Waals surface area contributed by atoms with Crippen LogP contribution in [0.4, 0.5) is 41.2 Å². The van der Waals surface area contributed by atoms with E-state index in [0.717, 1.165) is 74.8 Å². The highest BCUT2D eigenvalue weighted by Crippen LogP contribution is 2.44. The van der Waals surface area contributed by atoms with Crippen LogP contribution in [0.2, 0.25) is 0 Å². The highest BCUT2D eigenvalue weighted by atomic mass is 19.4. The van der Waals surface area contributed by atoms with Crippen LogP contribution in [0.1, 0.15) is 36.0 Å². The minimum Gasteiger partial charge on any atom is -0.409 e. The topological polar surface area (TPSA) is 88.9 Å². The first-order valence-electron chi connectivity index (χ1n) is 12.6. The Morgan fingerprint density at radius 3 is 2.29 bits per heavy atom. The van der Waals surface area contributed by atoms with E-state index < -0.39 is 58.4 Å². The van der Waals surface area contributed by atoms with Crippen molar-refractivity contribution in [2.45, 2.75) is 37.7 Å². The Hall–Kier alpha value is -3.65. The Morgan fingerprint density at radius 2 is 1.73 bits per heavy atom. The van der Waals surface area contributed by atoms with Crippen molar-refractivity contribution in [3.05, 3.63) is 65.1 Å². The number of nitrogens with one attached hydrogen (secondary N) is 2. The first-order valence-corrected chi connectivity index (χ1v) is 12.6. The number of halogens is 7. The molecule has 14 heteroatoms. The number of likely N-dealkylation sites (tertiary alicyclic amines) is 1. The molecular formula is C27H29F7N4O3. The number of ether oxygens (including phenoxy) is 1. The molecule has 1 fully saturated rings. The van der Waals surface area contributed by atoms with Gasteiger partial charge >= 0.3 is 18.4 Å². The van der Waals surface area contributed by atoms with Crippen molar-refractivity contribution in [3.63, 3.8) is 0 Å². The number of rotatable bonds is 9. The number of anilines is 1. The number of hydrogen-bond donors (Lipinski definition) is 3. The predicted molar refractivity (Wildman–Crippen MR) is 138 cm³/mol. The molecule has 0 aliphatic carbocycles. The lowest BCUT2D eigenvalue weighted by Gasteiger charge is -2.28. The number of piperidine rings is 1. The number of allylic oxidation sites excluding steroid dienone is 1. The lowest BCUT2D eigenvalue weighted by molar-refractivity contribution is -0.143. The third kappa shape index (κ3) is 8.67. The van der Waals surface area contributed by atoms with Crippen molar-refractivity contribution in [2.24, 2.45) is 0 Å². The van der Waals surface area contributed by atoms with Crippen molar-refractivity contribution in [1.29, 1.82) is 5.41 Å². The summed E-state index contributed by atoms with van der Waals surface area (Å²) < 4.78 is 101. The summed E-state index contributed by atoms with van der Waals surface area (Å²) in [6.07, 6.45) is -8.38. The first-order chi connectivity index (χ1) is 19.2. The summed E-state index contributed by atoms with van der Waals surface area (Å²) >= 11 is 0. The monoisotopic (exact) mass is 590 g/mol. The summed E-state index contributed by atoms with van der Waals surface area (Å²) in [6, 6.07) is 4.45. The van der Waals surface area contributed by atoms with Crippen LogP contribution in [0, 0.1) is 11.2 Å². The van der Waals surface area contributed by atoms with Gasteiger partial charge in [0.05, 0.1) is 17.2 Å². The molecule has 1 aliphatic heterocycles. The average molecular weight is 591 g/mol. The average Bonchev–Trinajstić information content (AvgIpc) is 2.90. The molecule has 41 heavy (non-hydrogen) atoms. The van der Waals surface area contributed by atoms with Crippen LogP contribution >= 0.6 is 0 Å². The number of β-amino-alcohol motifs (C(OH)–C–C–N with tert-alkyl or cyclic N) is 1. The van der Waals surface area contributed by atoms with Gasteiger partial charge in [-0.05, 0) is 62.3 Å². The molecule has 0 spiro atoms. The number of nitrogens with zero attached hydrogens (tertiary/aromatic N) is 2. The number of hydrogen-bond acceptors (Lipinski definition) is 6. The highest BCUT2D eigenvalue weighted by molar-refractivity contribution is 6.10. The van der Waals surface area contributed by atoms with Gasteiger partial charge in [0, 0.05) is 49.4 Å². The summed E-state index contributed by atoms with van der Waals surface area (Å²) in [7, 11) is 1.12. The Morgan fingerprint density at radius 1 is 1.10 bits per heavy atom. The van der Waals surface area contributed by atoms with Crippen molar-refractivity contribution >= 4 is 23.6 Å². The maximum atomic E-state index is 14.0. The summed E-state index contributed by atoms with van der Waals surface area (Å²) in [5.74, 6) is -1.90. The highest BCUT2D eigenvalue weighted by Gasteiger charge is 2.41. The zero-order chi connectivity index (χ0) is 30.4. The standard InChI is InChI=1S/C27H29F7N4O3/c1-37(20-7-5-19(28)6-8-20)25(40)41-24-22(11-18(26(29,30)31)12-23(24)27(32,33)34)17(13-35)14-36-15-21(39)16-38-9-3-2-4-10-38/h5-8,11-14,21,35-36,39H,2-4,9-10,15-16H2,1H3/b17-14+,35-13?. The van der Waals surface area contributed by atoms with E-state index in [-0.39, 0.29) is 18.3 Å². The molecule has 0 aromatic heterocycles. The summed E-state index contributed by atoms with van der Waals surface area (Å²) in [4.78, 5) is 15.6. The van der Waals surface area contributed by atoms with E-state index in [4.69, 9.17) is 10.1 Å². The van der Waals surface area contributed by atoms with Gasteiger partial charge in [-0.3, -0.25) is 4.90 Å². The molecule has 1 saturated heterocycles. The molecule has 1 unspecified atom stereocenters. The first kappa shape index (κ1) is 31.9. The van der Waals surface area contributed by atoms with E-state index in [2.05, 4.69) is 5.32 Å². The number of carbonyl (C=O) groups excluding carboxylic acids is 1. The van der Waals surface area contributed by atoms with Crippen LogP contribution in [-0.4, -0.2) is 61.6 Å². The van der Waals surface area contributed by atoms with Crippen LogP contribution in [0.25, 0.3) is 5.57 Å². The lowest BCUT2D eigenvalue weighted by atomic mass is 9.98. The number of amides is 1. The molecule has 0 saturated carbocycles. The van der Waals surface area contributed by atoms with Crippen LogP contribution in [0.3, 0.4) is 0 Å². The molecule has 2 aromatic carbocycles. The van der Waals surface area contributed by atoms with Gasteiger partial charge in [-0.15, -0.1) is 0 Å². The molecule has 1 amide bonds. The molecule has 2 aromatic rings. The fourth-order valence-electron chi connectivity index (χ4n) is 4.26. The molecule has 0 bridgehead atoms. The SMILES string of the molecule is CN(C(=O)Oc1c(/C(C=N)=C/NCC(O)CN2CCCCC2)cc(C(F)(F)F)cc1C(F)(F)F)c1ccc(F)cc1. The van der Waals surface area contributed by atoms with Crippen molar-refractivity contribution in [1.82, 2.24) is 10.2 Å².